The third-order valence-corrected chi connectivity index (χ3v) is 9.98. The molecule has 4 rings (SSSR count). The molecule has 2 aromatic carbocycles. The summed E-state index contributed by atoms with van der Waals surface area (Å²) in [5.74, 6) is -0.519. The predicted octanol–water partition coefficient (Wildman–Crippen LogP) is 3.16. The molecule has 2 heterocycles. The molecule has 0 aliphatic carbocycles. The van der Waals surface area contributed by atoms with Crippen molar-refractivity contribution in [3.63, 3.8) is 0 Å². The van der Waals surface area contributed by atoms with Gasteiger partial charge in [-0.25, -0.2) is 16.8 Å². The van der Waals surface area contributed by atoms with Gasteiger partial charge >= 0.3 is 0 Å². The van der Waals surface area contributed by atoms with Gasteiger partial charge in [-0.3, -0.25) is 4.79 Å². The van der Waals surface area contributed by atoms with Gasteiger partial charge < -0.3 is 5.32 Å². The summed E-state index contributed by atoms with van der Waals surface area (Å²) in [6.45, 7) is 1.89. The van der Waals surface area contributed by atoms with Crippen molar-refractivity contribution < 1.29 is 21.6 Å². The van der Waals surface area contributed by atoms with Gasteiger partial charge in [-0.1, -0.05) is 11.6 Å². The van der Waals surface area contributed by atoms with Crippen molar-refractivity contribution >= 4 is 43.2 Å². The van der Waals surface area contributed by atoms with E-state index in [1.165, 1.54) is 51.1 Å². The van der Waals surface area contributed by atoms with Crippen molar-refractivity contribution in [2.45, 2.75) is 35.5 Å². The highest BCUT2D eigenvalue weighted by molar-refractivity contribution is 7.89. The Hall–Kier alpha value is -1.98. The third kappa shape index (κ3) is 4.55. The summed E-state index contributed by atoms with van der Waals surface area (Å²) in [6, 6.07) is 10.1. The van der Waals surface area contributed by atoms with E-state index in [9.17, 15) is 21.6 Å². The number of halogens is 1. The molecule has 0 aromatic heterocycles. The molecule has 2 saturated heterocycles. The van der Waals surface area contributed by atoms with E-state index in [2.05, 4.69) is 5.32 Å². The van der Waals surface area contributed by atoms with E-state index in [0.717, 1.165) is 25.7 Å². The van der Waals surface area contributed by atoms with Crippen LogP contribution in [0.5, 0.6) is 0 Å². The van der Waals surface area contributed by atoms with Crippen LogP contribution in [0.15, 0.2) is 52.3 Å². The van der Waals surface area contributed by atoms with Crippen LogP contribution in [0.3, 0.4) is 0 Å². The molecule has 0 saturated carbocycles. The minimum atomic E-state index is -3.78. The zero-order valence-corrected chi connectivity index (χ0v) is 19.7. The lowest BCUT2D eigenvalue weighted by molar-refractivity contribution is 0.102. The summed E-state index contributed by atoms with van der Waals surface area (Å²) in [5.41, 5.74) is 0.537. The first-order valence-corrected chi connectivity index (χ1v) is 13.7. The van der Waals surface area contributed by atoms with Crippen molar-refractivity contribution in [1.82, 2.24) is 8.61 Å². The third-order valence-electron chi connectivity index (χ3n) is 5.69. The van der Waals surface area contributed by atoms with E-state index in [1.54, 1.807) is 0 Å². The molecule has 11 heteroatoms. The number of hydrogen-bond acceptors (Lipinski definition) is 5. The van der Waals surface area contributed by atoms with Crippen molar-refractivity contribution in [3.8, 4) is 0 Å². The summed E-state index contributed by atoms with van der Waals surface area (Å²) < 4.78 is 53.8. The minimum absolute atomic E-state index is 0.0601. The number of anilines is 1. The second-order valence-electron chi connectivity index (χ2n) is 7.85. The molecule has 2 fully saturated rings. The average Bonchev–Trinajstić information content (AvgIpc) is 3.49. The van der Waals surface area contributed by atoms with Gasteiger partial charge in [0, 0.05) is 37.4 Å². The summed E-state index contributed by atoms with van der Waals surface area (Å²) in [5, 5.41) is 2.74. The standard InChI is InChI=1S/C21H24ClN3O5S2/c22-19-10-5-16(15-20(19)32(29,30)25-13-3-4-14-25)21(26)23-17-6-8-18(9-7-17)31(27,28)24-11-1-2-12-24/h5-10,15H,1-4,11-14H2,(H,23,26). The number of benzene rings is 2. The molecule has 2 aliphatic heterocycles. The molecule has 8 nitrogen and oxygen atoms in total. The number of amides is 1. The second kappa shape index (κ2) is 9.11. The van der Waals surface area contributed by atoms with Crippen molar-refractivity contribution in [2.75, 3.05) is 31.5 Å². The maximum atomic E-state index is 12.9. The highest BCUT2D eigenvalue weighted by atomic mass is 35.5. The normalized spacial score (nSPS) is 18.2. The maximum Gasteiger partial charge on any atom is 0.255 e. The molecule has 1 amide bonds. The Labute approximate surface area is 193 Å². The van der Waals surface area contributed by atoms with Gasteiger partial charge in [0.1, 0.15) is 4.90 Å². The van der Waals surface area contributed by atoms with E-state index in [-0.39, 0.29) is 20.4 Å². The lowest BCUT2D eigenvalue weighted by atomic mass is 10.2. The summed E-state index contributed by atoms with van der Waals surface area (Å²) in [4.78, 5) is 12.8. The largest absolute Gasteiger partial charge is 0.322 e. The van der Waals surface area contributed by atoms with Crippen molar-refractivity contribution in [1.29, 1.82) is 0 Å². The van der Waals surface area contributed by atoms with Crippen LogP contribution in [-0.2, 0) is 20.0 Å². The fourth-order valence-electron chi connectivity index (χ4n) is 3.90. The first-order chi connectivity index (χ1) is 15.2. The molecular weight excluding hydrogens is 474 g/mol. The van der Waals surface area contributed by atoms with Gasteiger partial charge in [0.25, 0.3) is 5.91 Å². The average molecular weight is 498 g/mol. The van der Waals surface area contributed by atoms with Gasteiger partial charge in [-0.2, -0.15) is 8.61 Å². The van der Waals surface area contributed by atoms with Gasteiger partial charge in [0.2, 0.25) is 20.0 Å². The molecule has 0 atom stereocenters. The summed E-state index contributed by atoms with van der Waals surface area (Å²) in [7, 11) is -7.31. The Bertz CT molecular complexity index is 1220. The zero-order chi connectivity index (χ0) is 22.9. The summed E-state index contributed by atoms with van der Waals surface area (Å²) in [6.07, 6.45) is 3.29. The van der Waals surface area contributed by atoms with Crippen molar-refractivity contribution in [3.05, 3.63) is 53.1 Å². The van der Waals surface area contributed by atoms with Crippen LogP contribution in [0, 0.1) is 0 Å². The van der Waals surface area contributed by atoms with Crippen LogP contribution in [-0.4, -0.2) is 57.5 Å². The van der Waals surface area contributed by atoms with Gasteiger partial charge in [-0.15, -0.1) is 0 Å². The molecule has 172 valence electrons. The number of hydrogen-bond donors (Lipinski definition) is 1. The van der Waals surface area contributed by atoms with Crippen LogP contribution >= 0.6 is 11.6 Å². The fraction of sp³-hybridized carbons (Fsp3) is 0.381. The van der Waals surface area contributed by atoms with E-state index in [1.807, 2.05) is 0 Å². The lowest BCUT2D eigenvalue weighted by Gasteiger charge is -2.17. The van der Waals surface area contributed by atoms with E-state index < -0.39 is 26.0 Å². The van der Waals surface area contributed by atoms with Crippen LogP contribution in [0.25, 0.3) is 0 Å². The Morgan fingerprint density at radius 3 is 1.88 bits per heavy atom. The molecule has 0 unspecified atom stereocenters. The van der Waals surface area contributed by atoms with Crippen LogP contribution in [0.1, 0.15) is 36.0 Å². The molecular formula is C21H24ClN3O5S2. The van der Waals surface area contributed by atoms with Crippen LogP contribution < -0.4 is 5.32 Å². The smallest absolute Gasteiger partial charge is 0.255 e. The molecule has 2 aromatic rings. The number of carbonyl (C=O) groups excluding carboxylic acids is 1. The monoisotopic (exact) mass is 497 g/mol. The highest BCUT2D eigenvalue weighted by Gasteiger charge is 2.30. The van der Waals surface area contributed by atoms with Gasteiger partial charge in [0.15, 0.2) is 0 Å². The molecule has 2 aliphatic rings. The molecule has 0 radical (unpaired) electrons. The number of carbonyl (C=O) groups is 1. The number of nitrogens with one attached hydrogen (secondary N) is 1. The van der Waals surface area contributed by atoms with E-state index in [0.29, 0.717) is 31.9 Å². The van der Waals surface area contributed by atoms with E-state index in [4.69, 9.17) is 11.6 Å². The highest BCUT2D eigenvalue weighted by Crippen LogP contribution is 2.29. The topological polar surface area (TPSA) is 104 Å². The predicted molar refractivity (Wildman–Crippen MR) is 122 cm³/mol. The first-order valence-electron chi connectivity index (χ1n) is 10.4. The Morgan fingerprint density at radius 1 is 0.781 bits per heavy atom. The number of nitrogens with zero attached hydrogens (tertiary/aromatic N) is 2. The fourth-order valence-corrected chi connectivity index (χ4v) is 7.44. The Kier molecular flexibility index (Phi) is 6.60. The van der Waals surface area contributed by atoms with Crippen LogP contribution in [0.4, 0.5) is 5.69 Å². The molecule has 1 N–H and O–H groups in total. The number of sulfonamides is 2. The Balaban J connectivity index is 1.52. The molecule has 32 heavy (non-hydrogen) atoms. The lowest BCUT2D eigenvalue weighted by Crippen LogP contribution is -2.28. The zero-order valence-electron chi connectivity index (χ0n) is 17.3. The van der Waals surface area contributed by atoms with Gasteiger partial charge in [-0.05, 0) is 68.1 Å². The molecule has 0 bridgehead atoms. The first kappa shape index (κ1) is 23.2. The minimum Gasteiger partial charge on any atom is -0.322 e. The second-order valence-corrected chi connectivity index (χ2v) is 12.1. The van der Waals surface area contributed by atoms with Crippen molar-refractivity contribution in [2.24, 2.45) is 0 Å². The maximum absolute atomic E-state index is 12.9. The van der Waals surface area contributed by atoms with Gasteiger partial charge in [0.05, 0.1) is 9.92 Å². The van der Waals surface area contributed by atoms with Crippen LogP contribution in [0.2, 0.25) is 5.02 Å². The summed E-state index contributed by atoms with van der Waals surface area (Å²) >= 11 is 6.14. The Morgan fingerprint density at radius 2 is 1.31 bits per heavy atom. The van der Waals surface area contributed by atoms with E-state index >= 15 is 0 Å². The quantitative estimate of drug-likeness (QED) is 0.660. The molecule has 0 spiro atoms. The number of rotatable bonds is 6. The SMILES string of the molecule is O=C(Nc1ccc(S(=O)(=O)N2CCCC2)cc1)c1ccc(Cl)c(S(=O)(=O)N2CCCC2)c1.